The molecule has 0 spiro atoms. The van der Waals surface area contributed by atoms with Crippen LogP contribution in [0.4, 0.5) is 0 Å². The molecule has 2 nitrogen and oxygen atoms in total. The van der Waals surface area contributed by atoms with Gasteiger partial charge in [-0.25, -0.2) is 0 Å². The van der Waals surface area contributed by atoms with E-state index in [4.69, 9.17) is 10.00 Å². The maximum atomic E-state index is 8.51. The molecule has 1 aromatic rings. The largest absolute Gasteiger partial charge is 0.493 e. The van der Waals surface area contributed by atoms with E-state index >= 15 is 0 Å². The summed E-state index contributed by atoms with van der Waals surface area (Å²) in [5.41, 5.74) is 1.21. The summed E-state index contributed by atoms with van der Waals surface area (Å²) in [6.07, 6.45) is 2.43. The average Bonchev–Trinajstić information content (AvgIpc) is 2.28. The van der Waals surface area contributed by atoms with Crippen LogP contribution in [0.15, 0.2) is 24.3 Å². The number of hydrogen-bond acceptors (Lipinski definition) is 2. The summed E-state index contributed by atoms with van der Waals surface area (Å²) in [4.78, 5) is 0. The molecule has 0 heterocycles. The van der Waals surface area contributed by atoms with Gasteiger partial charge in [-0.1, -0.05) is 32.0 Å². The van der Waals surface area contributed by atoms with Crippen LogP contribution in [0.5, 0.6) is 5.75 Å². The lowest BCUT2D eigenvalue weighted by Crippen LogP contribution is -2.06. The first-order chi connectivity index (χ1) is 7.74. The van der Waals surface area contributed by atoms with E-state index in [0.29, 0.717) is 12.3 Å². The molecule has 16 heavy (non-hydrogen) atoms. The van der Waals surface area contributed by atoms with Crippen LogP contribution in [0.2, 0.25) is 0 Å². The monoisotopic (exact) mass is 217 g/mol. The summed E-state index contributed by atoms with van der Waals surface area (Å²) in [6, 6.07) is 10.3. The van der Waals surface area contributed by atoms with Crippen LogP contribution in [-0.2, 0) is 6.42 Å². The van der Waals surface area contributed by atoms with E-state index < -0.39 is 0 Å². The minimum absolute atomic E-state index is 0.534. The molecule has 0 amide bonds. The summed E-state index contributed by atoms with van der Waals surface area (Å²) in [5.74, 6) is 1.50. The summed E-state index contributed by atoms with van der Waals surface area (Å²) in [7, 11) is 0. The van der Waals surface area contributed by atoms with Crippen molar-refractivity contribution in [3.63, 3.8) is 0 Å². The molecule has 0 saturated heterocycles. The van der Waals surface area contributed by atoms with Gasteiger partial charge in [-0.05, 0) is 30.4 Å². The molecule has 0 unspecified atom stereocenters. The fourth-order valence-electron chi connectivity index (χ4n) is 1.47. The smallest absolute Gasteiger partial charge is 0.122 e. The summed E-state index contributed by atoms with van der Waals surface area (Å²) < 4.78 is 5.75. The van der Waals surface area contributed by atoms with Crippen molar-refractivity contribution in [1.29, 1.82) is 5.26 Å². The first kappa shape index (κ1) is 12.6. The summed E-state index contributed by atoms with van der Waals surface area (Å²) in [6.45, 7) is 5.02. The third kappa shape index (κ3) is 4.35. The molecule has 0 aliphatic carbocycles. The highest BCUT2D eigenvalue weighted by molar-refractivity contribution is 5.33. The van der Waals surface area contributed by atoms with Crippen molar-refractivity contribution < 1.29 is 4.74 Å². The van der Waals surface area contributed by atoms with Crippen LogP contribution >= 0.6 is 0 Å². The molecular formula is C14H19NO. The van der Waals surface area contributed by atoms with Gasteiger partial charge in [-0.15, -0.1) is 0 Å². The normalized spacial score (nSPS) is 10.1. The third-order valence-electron chi connectivity index (χ3n) is 2.28. The molecule has 86 valence electrons. The highest BCUT2D eigenvalue weighted by Crippen LogP contribution is 2.20. The van der Waals surface area contributed by atoms with Gasteiger partial charge in [0.2, 0.25) is 0 Å². The van der Waals surface area contributed by atoms with Crippen molar-refractivity contribution in [3.05, 3.63) is 29.8 Å². The molecule has 0 aliphatic heterocycles. The van der Waals surface area contributed by atoms with E-state index in [2.05, 4.69) is 26.0 Å². The molecule has 0 aliphatic rings. The second-order valence-electron chi connectivity index (χ2n) is 4.32. The second kappa shape index (κ2) is 6.90. The van der Waals surface area contributed by atoms with E-state index in [1.165, 1.54) is 5.56 Å². The first-order valence-corrected chi connectivity index (χ1v) is 5.81. The van der Waals surface area contributed by atoms with Gasteiger partial charge in [0, 0.05) is 6.42 Å². The van der Waals surface area contributed by atoms with Crippen LogP contribution in [0.1, 0.15) is 32.3 Å². The number of benzene rings is 1. The molecule has 0 saturated carbocycles. The van der Waals surface area contributed by atoms with E-state index in [1.807, 2.05) is 18.2 Å². The van der Waals surface area contributed by atoms with Crippen molar-refractivity contribution in [1.82, 2.24) is 0 Å². The molecule has 0 fully saturated rings. The van der Waals surface area contributed by atoms with E-state index in [0.717, 1.165) is 25.2 Å². The van der Waals surface area contributed by atoms with Crippen molar-refractivity contribution in [3.8, 4) is 11.8 Å². The Labute approximate surface area is 97.9 Å². The summed E-state index contributed by atoms with van der Waals surface area (Å²) in [5, 5.41) is 8.51. The van der Waals surface area contributed by atoms with E-state index in [9.17, 15) is 0 Å². The number of rotatable bonds is 6. The third-order valence-corrected chi connectivity index (χ3v) is 2.28. The molecule has 2 heteroatoms. The summed E-state index contributed by atoms with van der Waals surface area (Å²) >= 11 is 0. The maximum absolute atomic E-state index is 8.51. The van der Waals surface area contributed by atoms with Crippen molar-refractivity contribution in [2.24, 2.45) is 5.92 Å². The van der Waals surface area contributed by atoms with E-state index in [1.54, 1.807) is 0 Å². The number of unbranched alkanes of at least 4 members (excludes halogenated alkanes) is 1. The Morgan fingerprint density at radius 3 is 2.75 bits per heavy atom. The first-order valence-electron chi connectivity index (χ1n) is 5.81. The SMILES string of the molecule is CC(C)COc1ccccc1CCCC#N. The zero-order valence-corrected chi connectivity index (χ0v) is 10.1. The quantitative estimate of drug-likeness (QED) is 0.682. The Morgan fingerprint density at radius 1 is 1.31 bits per heavy atom. The average molecular weight is 217 g/mol. The minimum Gasteiger partial charge on any atom is -0.493 e. The standard InChI is InChI=1S/C14H19NO/c1-12(2)11-16-14-9-4-3-7-13(14)8-5-6-10-15/h3-4,7,9,12H,5-6,8,11H2,1-2H3. The van der Waals surface area contributed by atoms with Crippen LogP contribution in [0, 0.1) is 17.2 Å². The van der Waals surface area contributed by atoms with Crippen LogP contribution in [0.3, 0.4) is 0 Å². The van der Waals surface area contributed by atoms with Crippen molar-refractivity contribution in [2.45, 2.75) is 33.1 Å². The lowest BCUT2D eigenvalue weighted by molar-refractivity contribution is 0.268. The number of nitriles is 1. The zero-order valence-electron chi connectivity index (χ0n) is 10.1. The fraction of sp³-hybridized carbons (Fsp3) is 0.500. The van der Waals surface area contributed by atoms with Gasteiger partial charge in [-0.3, -0.25) is 0 Å². The molecule has 0 bridgehead atoms. The van der Waals surface area contributed by atoms with Gasteiger partial charge in [-0.2, -0.15) is 5.26 Å². The number of ether oxygens (including phenoxy) is 1. The maximum Gasteiger partial charge on any atom is 0.122 e. The van der Waals surface area contributed by atoms with Crippen LogP contribution in [0.25, 0.3) is 0 Å². The molecule has 0 atom stereocenters. The molecule has 1 rings (SSSR count). The van der Waals surface area contributed by atoms with E-state index in [-0.39, 0.29) is 0 Å². The van der Waals surface area contributed by atoms with Gasteiger partial charge in [0.15, 0.2) is 0 Å². The zero-order chi connectivity index (χ0) is 11.8. The van der Waals surface area contributed by atoms with Crippen molar-refractivity contribution >= 4 is 0 Å². The highest BCUT2D eigenvalue weighted by atomic mass is 16.5. The van der Waals surface area contributed by atoms with Gasteiger partial charge in [0.1, 0.15) is 5.75 Å². The predicted octanol–water partition coefficient (Wildman–Crippen LogP) is 3.57. The molecule has 0 aromatic heterocycles. The Balaban J connectivity index is 2.57. The number of para-hydroxylation sites is 1. The van der Waals surface area contributed by atoms with Gasteiger partial charge < -0.3 is 4.74 Å². The number of hydrogen-bond donors (Lipinski definition) is 0. The van der Waals surface area contributed by atoms with Crippen molar-refractivity contribution in [2.75, 3.05) is 6.61 Å². The van der Waals surface area contributed by atoms with Gasteiger partial charge >= 0.3 is 0 Å². The van der Waals surface area contributed by atoms with Gasteiger partial charge in [0.25, 0.3) is 0 Å². The van der Waals surface area contributed by atoms with Crippen LogP contribution < -0.4 is 4.74 Å². The lowest BCUT2D eigenvalue weighted by Gasteiger charge is -2.12. The fourth-order valence-corrected chi connectivity index (χ4v) is 1.47. The Kier molecular flexibility index (Phi) is 5.42. The lowest BCUT2D eigenvalue weighted by atomic mass is 10.1. The molecule has 1 aromatic carbocycles. The minimum atomic E-state index is 0.534. The number of aryl methyl sites for hydroxylation is 1. The van der Waals surface area contributed by atoms with Gasteiger partial charge in [0.05, 0.1) is 12.7 Å². The topological polar surface area (TPSA) is 33.0 Å². The second-order valence-corrected chi connectivity index (χ2v) is 4.32. The Bertz CT molecular complexity index is 352. The van der Waals surface area contributed by atoms with Crippen LogP contribution in [-0.4, -0.2) is 6.61 Å². The Morgan fingerprint density at radius 2 is 2.06 bits per heavy atom. The molecule has 0 N–H and O–H groups in total. The molecular weight excluding hydrogens is 198 g/mol. The number of nitrogens with zero attached hydrogens (tertiary/aromatic N) is 1. The predicted molar refractivity (Wildman–Crippen MR) is 65.3 cm³/mol. The highest BCUT2D eigenvalue weighted by Gasteiger charge is 2.03. The Hall–Kier alpha value is -1.49. The molecule has 0 radical (unpaired) electrons.